The number of nitrogens with one attached hydrogen (secondary N) is 1. The van der Waals surface area contributed by atoms with E-state index in [-0.39, 0.29) is 11.0 Å². The fourth-order valence-electron chi connectivity index (χ4n) is 3.72. The van der Waals surface area contributed by atoms with Crippen molar-refractivity contribution in [2.75, 3.05) is 25.0 Å². The van der Waals surface area contributed by atoms with Crippen molar-refractivity contribution in [3.8, 4) is 11.5 Å². The molecule has 0 spiro atoms. The van der Waals surface area contributed by atoms with E-state index >= 15 is 0 Å². The predicted molar refractivity (Wildman–Crippen MR) is 121 cm³/mol. The zero-order valence-electron chi connectivity index (χ0n) is 18.7. The number of hydrogen-bond donors (Lipinski definition) is 1. The third-order valence-electron chi connectivity index (χ3n) is 5.34. The molecule has 0 unspecified atom stereocenters. The molecular formula is C23H30N2O5S. The Hall–Kier alpha value is -2.58. The summed E-state index contributed by atoms with van der Waals surface area (Å²) in [6.07, 6.45) is 0.855. The lowest BCUT2D eigenvalue weighted by molar-refractivity contribution is 0.102. The number of fused-ring (bicyclic) bond motifs is 1. The van der Waals surface area contributed by atoms with Gasteiger partial charge >= 0.3 is 0 Å². The number of amides is 1. The maximum absolute atomic E-state index is 13.1. The summed E-state index contributed by atoms with van der Waals surface area (Å²) in [6.45, 7) is 10.4. The third-order valence-corrected chi connectivity index (χ3v) is 7.39. The van der Waals surface area contributed by atoms with E-state index in [1.54, 1.807) is 32.9 Å². The molecule has 0 radical (unpaired) electrons. The average Bonchev–Trinajstić information content (AvgIpc) is 3.08. The zero-order valence-corrected chi connectivity index (χ0v) is 19.5. The highest BCUT2D eigenvalue weighted by Crippen LogP contribution is 2.38. The highest BCUT2D eigenvalue weighted by atomic mass is 32.2. The van der Waals surface area contributed by atoms with Crippen LogP contribution < -0.4 is 14.8 Å². The van der Waals surface area contributed by atoms with Crippen LogP contribution in [0.4, 0.5) is 5.69 Å². The summed E-state index contributed by atoms with van der Waals surface area (Å²) in [5, 5.41) is 2.88. The van der Waals surface area contributed by atoms with Gasteiger partial charge in [-0.1, -0.05) is 19.9 Å². The Morgan fingerprint density at radius 2 is 1.90 bits per heavy atom. The van der Waals surface area contributed by atoms with Crippen LogP contribution in [0.25, 0.3) is 0 Å². The average molecular weight is 447 g/mol. The molecule has 2 aromatic rings. The SMILES string of the molecule is CCOc1cc2c(cc1NC(=O)c1cc(S(=O)(=O)N(CC)CC)ccc1C)O[C@@H](C)C2. The van der Waals surface area contributed by atoms with Crippen LogP contribution in [0.3, 0.4) is 0 Å². The molecule has 1 aliphatic rings. The van der Waals surface area contributed by atoms with Crippen LogP contribution in [-0.4, -0.2) is 44.4 Å². The molecule has 1 atom stereocenters. The molecule has 168 valence electrons. The molecule has 0 aromatic heterocycles. The molecule has 2 aromatic carbocycles. The summed E-state index contributed by atoms with van der Waals surface area (Å²) in [7, 11) is -3.67. The third kappa shape index (κ3) is 4.70. The van der Waals surface area contributed by atoms with Crippen LogP contribution in [0.1, 0.15) is 49.2 Å². The largest absolute Gasteiger partial charge is 0.492 e. The molecule has 1 amide bonds. The molecule has 3 rings (SSSR count). The standard InChI is InChI=1S/C23H30N2O5S/c1-6-25(7-2)31(27,28)18-10-9-15(4)19(13-18)23(26)24-20-14-21-17(11-16(5)30-21)12-22(20)29-8-3/h9-10,12-14,16H,6-8,11H2,1-5H3,(H,24,26)/t16-/m0/s1. The van der Waals surface area contributed by atoms with Gasteiger partial charge in [0.25, 0.3) is 5.91 Å². The van der Waals surface area contributed by atoms with E-state index in [0.29, 0.717) is 42.3 Å². The highest BCUT2D eigenvalue weighted by Gasteiger charge is 2.25. The quantitative estimate of drug-likeness (QED) is 0.663. The first kappa shape index (κ1) is 23.1. The summed E-state index contributed by atoms with van der Waals surface area (Å²) in [5.74, 6) is 0.888. The van der Waals surface area contributed by atoms with Crippen LogP contribution in [0.15, 0.2) is 35.2 Å². The van der Waals surface area contributed by atoms with Gasteiger partial charge in [0, 0.05) is 36.7 Å². The Bertz CT molecular complexity index is 1080. The molecule has 0 fully saturated rings. The lowest BCUT2D eigenvalue weighted by Gasteiger charge is -2.19. The van der Waals surface area contributed by atoms with Crippen molar-refractivity contribution >= 4 is 21.6 Å². The Balaban J connectivity index is 1.95. The van der Waals surface area contributed by atoms with E-state index in [4.69, 9.17) is 9.47 Å². The lowest BCUT2D eigenvalue weighted by atomic mass is 10.1. The second kappa shape index (κ2) is 9.28. The topological polar surface area (TPSA) is 84.9 Å². The number of aryl methyl sites for hydroxylation is 1. The summed E-state index contributed by atoms with van der Waals surface area (Å²) in [4.78, 5) is 13.2. The lowest BCUT2D eigenvalue weighted by Crippen LogP contribution is -2.30. The fourth-order valence-corrected chi connectivity index (χ4v) is 5.21. The minimum absolute atomic E-state index is 0.0691. The van der Waals surface area contributed by atoms with Gasteiger partial charge in [0.1, 0.15) is 17.6 Å². The number of benzene rings is 2. The van der Waals surface area contributed by atoms with Crippen molar-refractivity contribution in [1.82, 2.24) is 4.31 Å². The van der Waals surface area contributed by atoms with Gasteiger partial charge in [0.15, 0.2) is 0 Å². The Morgan fingerprint density at radius 3 is 2.55 bits per heavy atom. The Kier molecular flexibility index (Phi) is 6.91. The van der Waals surface area contributed by atoms with Gasteiger partial charge in [-0.05, 0) is 44.5 Å². The van der Waals surface area contributed by atoms with E-state index < -0.39 is 15.9 Å². The first-order valence-corrected chi connectivity index (χ1v) is 12.0. The monoisotopic (exact) mass is 446 g/mol. The summed E-state index contributed by atoms with van der Waals surface area (Å²) in [5.41, 5.74) is 2.51. The molecule has 1 heterocycles. The minimum Gasteiger partial charge on any atom is -0.492 e. The molecule has 0 aliphatic carbocycles. The molecule has 8 heteroatoms. The number of sulfonamides is 1. The maximum Gasteiger partial charge on any atom is 0.256 e. The predicted octanol–water partition coefficient (Wildman–Crippen LogP) is 4.00. The van der Waals surface area contributed by atoms with Crippen molar-refractivity contribution in [2.24, 2.45) is 0 Å². The fraction of sp³-hybridized carbons (Fsp3) is 0.435. The van der Waals surface area contributed by atoms with Crippen molar-refractivity contribution in [3.63, 3.8) is 0 Å². The number of carbonyl (C=O) groups is 1. The van der Waals surface area contributed by atoms with Gasteiger partial charge in [0.05, 0.1) is 17.2 Å². The van der Waals surface area contributed by atoms with E-state index in [2.05, 4.69) is 5.32 Å². The molecule has 1 aliphatic heterocycles. The zero-order chi connectivity index (χ0) is 22.8. The number of hydrogen-bond acceptors (Lipinski definition) is 5. The molecule has 31 heavy (non-hydrogen) atoms. The first-order valence-electron chi connectivity index (χ1n) is 10.6. The molecule has 1 N–H and O–H groups in total. The Labute approximate surface area is 184 Å². The Morgan fingerprint density at radius 1 is 1.19 bits per heavy atom. The van der Waals surface area contributed by atoms with Crippen LogP contribution in [0.5, 0.6) is 11.5 Å². The van der Waals surface area contributed by atoms with Gasteiger partial charge in [-0.2, -0.15) is 4.31 Å². The second-order valence-electron chi connectivity index (χ2n) is 7.54. The number of ether oxygens (including phenoxy) is 2. The van der Waals surface area contributed by atoms with E-state index in [1.807, 2.05) is 19.9 Å². The van der Waals surface area contributed by atoms with Gasteiger partial charge in [-0.3, -0.25) is 4.79 Å². The second-order valence-corrected chi connectivity index (χ2v) is 9.48. The molecule has 0 saturated carbocycles. The number of anilines is 1. The van der Waals surface area contributed by atoms with Crippen LogP contribution in [0.2, 0.25) is 0 Å². The van der Waals surface area contributed by atoms with Gasteiger partial charge in [-0.15, -0.1) is 0 Å². The van der Waals surface area contributed by atoms with Crippen molar-refractivity contribution in [3.05, 3.63) is 47.0 Å². The van der Waals surface area contributed by atoms with E-state index in [0.717, 1.165) is 17.7 Å². The number of rotatable bonds is 8. The van der Waals surface area contributed by atoms with Crippen molar-refractivity contribution < 1.29 is 22.7 Å². The molecule has 0 bridgehead atoms. The summed E-state index contributed by atoms with van der Waals surface area (Å²) in [6, 6.07) is 8.29. The van der Waals surface area contributed by atoms with Crippen molar-refractivity contribution in [2.45, 2.75) is 52.0 Å². The van der Waals surface area contributed by atoms with Crippen LogP contribution >= 0.6 is 0 Å². The summed E-state index contributed by atoms with van der Waals surface area (Å²) >= 11 is 0. The van der Waals surface area contributed by atoms with E-state index in [9.17, 15) is 13.2 Å². The van der Waals surface area contributed by atoms with E-state index in [1.165, 1.54) is 16.4 Å². The molecule has 7 nitrogen and oxygen atoms in total. The smallest absolute Gasteiger partial charge is 0.256 e. The van der Waals surface area contributed by atoms with Gasteiger partial charge in [-0.25, -0.2) is 8.42 Å². The van der Waals surface area contributed by atoms with Crippen LogP contribution in [-0.2, 0) is 16.4 Å². The number of nitrogens with zero attached hydrogens (tertiary/aromatic N) is 1. The maximum atomic E-state index is 13.1. The highest BCUT2D eigenvalue weighted by molar-refractivity contribution is 7.89. The normalized spacial score (nSPS) is 15.5. The number of carbonyl (C=O) groups excluding carboxylic acids is 1. The van der Waals surface area contributed by atoms with Gasteiger partial charge < -0.3 is 14.8 Å². The summed E-state index contributed by atoms with van der Waals surface area (Å²) < 4.78 is 38.7. The van der Waals surface area contributed by atoms with Crippen LogP contribution in [0, 0.1) is 6.92 Å². The molecular weight excluding hydrogens is 416 g/mol. The van der Waals surface area contributed by atoms with Crippen molar-refractivity contribution in [1.29, 1.82) is 0 Å². The first-order chi connectivity index (χ1) is 14.7. The molecule has 0 saturated heterocycles. The minimum atomic E-state index is -3.67. The van der Waals surface area contributed by atoms with Gasteiger partial charge in [0.2, 0.25) is 10.0 Å².